The number of carbonyl (C=O) groups is 1. The number of amides is 2. The fourth-order valence-corrected chi connectivity index (χ4v) is 2.79. The summed E-state index contributed by atoms with van der Waals surface area (Å²) in [5, 5.41) is 2.61. The lowest BCUT2D eigenvalue weighted by Crippen LogP contribution is -2.45. The lowest BCUT2D eigenvalue weighted by molar-refractivity contribution is -0.380. The number of urea groups is 1. The third kappa shape index (κ3) is 7.96. The number of methoxy groups -OCH3 is 3. The van der Waals surface area contributed by atoms with Crippen LogP contribution in [0, 0.1) is 5.92 Å². The first-order chi connectivity index (χ1) is 10.6. The largest absolute Gasteiger partial charge is 0.352 e. The summed E-state index contributed by atoms with van der Waals surface area (Å²) in [5.41, 5.74) is 5.11. The van der Waals surface area contributed by atoms with Crippen LogP contribution in [0.15, 0.2) is 0 Å². The minimum absolute atomic E-state index is 0.0329. The number of unbranched alkanes of at least 4 members (excludes halogenated alkanes) is 5. The van der Waals surface area contributed by atoms with Crippen LogP contribution < -0.4 is 11.1 Å². The minimum atomic E-state index is -1.07. The molecule has 1 atom stereocenters. The van der Waals surface area contributed by atoms with Gasteiger partial charge >= 0.3 is 6.03 Å². The summed E-state index contributed by atoms with van der Waals surface area (Å²) in [6, 6.07) is -0.517. The quantitative estimate of drug-likeness (QED) is 0.381. The van der Waals surface area contributed by atoms with Crippen LogP contribution in [0.4, 0.5) is 4.79 Å². The molecule has 0 aromatic heterocycles. The van der Waals surface area contributed by atoms with Crippen LogP contribution in [0.5, 0.6) is 0 Å². The van der Waals surface area contributed by atoms with Gasteiger partial charge in [0.25, 0.3) is 5.97 Å². The van der Waals surface area contributed by atoms with E-state index in [4.69, 9.17) is 19.9 Å². The number of rotatable bonds is 14. The molecule has 0 saturated heterocycles. The van der Waals surface area contributed by atoms with E-state index in [1.165, 1.54) is 32.1 Å². The highest BCUT2D eigenvalue weighted by atomic mass is 16.9. The van der Waals surface area contributed by atoms with E-state index in [2.05, 4.69) is 12.2 Å². The van der Waals surface area contributed by atoms with E-state index in [1.54, 1.807) is 21.3 Å². The molecule has 3 N–H and O–H groups in total. The van der Waals surface area contributed by atoms with E-state index in [0.29, 0.717) is 13.0 Å². The summed E-state index contributed by atoms with van der Waals surface area (Å²) in [6.07, 6.45) is 8.96. The molecule has 0 rings (SSSR count). The summed E-state index contributed by atoms with van der Waals surface area (Å²) < 4.78 is 16.4. The standard InChI is InChI=1S/C16H34N2O4/c1-5-6-7-8-9-10-11-14(12-13-18-15(17)19)16(20-2,21-3)22-4/h14H,5-13H2,1-4H3,(H3,17,18,19). The maximum absolute atomic E-state index is 10.8. The van der Waals surface area contributed by atoms with E-state index < -0.39 is 12.0 Å². The van der Waals surface area contributed by atoms with E-state index >= 15 is 0 Å². The van der Waals surface area contributed by atoms with Crippen molar-refractivity contribution in [1.29, 1.82) is 0 Å². The second kappa shape index (κ2) is 12.7. The summed E-state index contributed by atoms with van der Waals surface area (Å²) in [5.74, 6) is -1.03. The van der Waals surface area contributed by atoms with Gasteiger partial charge in [-0.3, -0.25) is 0 Å². The highest BCUT2D eigenvalue weighted by molar-refractivity contribution is 5.71. The molecule has 0 bridgehead atoms. The number of ether oxygens (including phenoxy) is 3. The van der Waals surface area contributed by atoms with Gasteiger partial charge in [-0.1, -0.05) is 45.4 Å². The van der Waals surface area contributed by atoms with Crippen molar-refractivity contribution in [2.45, 2.75) is 64.3 Å². The first kappa shape index (κ1) is 21.1. The van der Waals surface area contributed by atoms with Crippen molar-refractivity contribution >= 4 is 6.03 Å². The Hall–Kier alpha value is -0.850. The molecule has 0 aliphatic carbocycles. The predicted molar refractivity (Wildman–Crippen MR) is 87.4 cm³/mol. The maximum Gasteiger partial charge on any atom is 0.312 e. The Morgan fingerprint density at radius 1 is 1.00 bits per heavy atom. The second-order valence-corrected chi connectivity index (χ2v) is 5.55. The molecule has 6 nitrogen and oxygen atoms in total. The second-order valence-electron chi connectivity index (χ2n) is 5.55. The van der Waals surface area contributed by atoms with Crippen LogP contribution >= 0.6 is 0 Å². The third-order valence-electron chi connectivity index (χ3n) is 4.05. The highest BCUT2D eigenvalue weighted by Crippen LogP contribution is 2.31. The number of nitrogens with two attached hydrogens (primary N) is 1. The molecule has 22 heavy (non-hydrogen) atoms. The minimum Gasteiger partial charge on any atom is -0.352 e. The van der Waals surface area contributed by atoms with Crippen LogP contribution in [0.1, 0.15) is 58.3 Å². The van der Waals surface area contributed by atoms with Gasteiger partial charge in [-0.2, -0.15) is 0 Å². The molecule has 0 spiro atoms. The van der Waals surface area contributed by atoms with E-state index in [-0.39, 0.29) is 5.92 Å². The Balaban J connectivity index is 4.41. The van der Waals surface area contributed by atoms with Crippen molar-refractivity contribution in [1.82, 2.24) is 5.32 Å². The fraction of sp³-hybridized carbons (Fsp3) is 0.938. The van der Waals surface area contributed by atoms with Gasteiger partial charge in [0, 0.05) is 33.8 Å². The third-order valence-corrected chi connectivity index (χ3v) is 4.05. The van der Waals surface area contributed by atoms with E-state index in [1.807, 2.05) is 0 Å². The summed E-state index contributed by atoms with van der Waals surface area (Å²) in [4.78, 5) is 10.8. The highest BCUT2D eigenvalue weighted by Gasteiger charge is 2.39. The van der Waals surface area contributed by atoms with Crippen molar-refractivity contribution in [3.05, 3.63) is 0 Å². The van der Waals surface area contributed by atoms with E-state index in [0.717, 1.165) is 12.8 Å². The number of carbonyl (C=O) groups excluding carboxylic acids is 1. The molecular weight excluding hydrogens is 284 g/mol. The van der Waals surface area contributed by atoms with Gasteiger partial charge in [-0.25, -0.2) is 4.79 Å². The monoisotopic (exact) mass is 318 g/mol. The van der Waals surface area contributed by atoms with Gasteiger partial charge < -0.3 is 25.3 Å². The zero-order valence-electron chi connectivity index (χ0n) is 14.7. The Kier molecular flexibility index (Phi) is 12.2. The van der Waals surface area contributed by atoms with Crippen LogP contribution in [0.3, 0.4) is 0 Å². The van der Waals surface area contributed by atoms with Gasteiger partial charge in [-0.15, -0.1) is 0 Å². The Morgan fingerprint density at radius 2 is 1.55 bits per heavy atom. The summed E-state index contributed by atoms with van der Waals surface area (Å²) >= 11 is 0. The summed E-state index contributed by atoms with van der Waals surface area (Å²) in [6.45, 7) is 2.69. The average Bonchev–Trinajstić information content (AvgIpc) is 2.51. The number of hydrogen-bond acceptors (Lipinski definition) is 4. The maximum atomic E-state index is 10.8. The predicted octanol–water partition coefficient (Wildman–Crippen LogP) is 3.00. The topological polar surface area (TPSA) is 82.8 Å². The first-order valence-corrected chi connectivity index (χ1v) is 8.25. The molecule has 132 valence electrons. The number of nitrogens with one attached hydrogen (secondary N) is 1. The van der Waals surface area contributed by atoms with Gasteiger partial charge in [0.15, 0.2) is 0 Å². The Bertz CT molecular complexity index is 275. The molecule has 0 aromatic rings. The zero-order chi connectivity index (χ0) is 16.8. The van der Waals surface area contributed by atoms with Crippen molar-refractivity contribution in [3.8, 4) is 0 Å². The molecule has 0 aliphatic rings. The molecule has 2 amide bonds. The number of primary amides is 1. The van der Waals surface area contributed by atoms with Gasteiger partial charge in [-0.05, 0) is 12.8 Å². The smallest absolute Gasteiger partial charge is 0.312 e. The molecule has 1 unspecified atom stereocenters. The number of hydrogen-bond donors (Lipinski definition) is 2. The van der Waals surface area contributed by atoms with Crippen molar-refractivity contribution in [3.63, 3.8) is 0 Å². The van der Waals surface area contributed by atoms with E-state index in [9.17, 15) is 4.79 Å². The fourth-order valence-electron chi connectivity index (χ4n) is 2.79. The molecule has 0 aliphatic heterocycles. The van der Waals surface area contributed by atoms with Gasteiger partial charge in [0.05, 0.1) is 0 Å². The molecule has 0 fully saturated rings. The van der Waals surface area contributed by atoms with Crippen LogP contribution in [-0.2, 0) is 14.2 Å². The normalized spacial score (nSPS) is 13.1. The Morgan fingerprint density at radius 3 is 2.05 bits per heavy atom. The van der Waals surface area contributed by atoms with Gasteiger partial charge in [0.1, 0.15) is 0 Å². The van der Waals surface area contributed by atoms with Crippen molar-refractivity contribution < 1.29 is 19.0 Å². The SMILES string of the molecule is CCCCCCCCC(CCNC(N)=O)C(OC)(OC)OC. The molecule has 0 aromatic carbocycles. The Labute approximate surface area is 135 Å². The van der Waals surface area contributed by atoms with Crippen LogP contribution in [0.25, 0.3) is 0 Å². The molecule has 0 radical (unpaired) electrons. The first-order valence-electron chi connectivity index (χ1n) is 8.25. The van der Waals surface area contributed by atoms with Gasteiger partial charge in [0.2, 0.25) is 0 Å². The molecule has 0 saturated carbocycles. The lowest BCUT2D eigenvalue weighted by atomic mass is 9.94. The zero-order valence-corrected chi connectivity index (χ0v) is 14.7. The van der Waals surface area contributed by atoms with Crippen LogP contribution in [0.2, 0.25) is 0 Å². The van der Waals surface area contributed by atoms with Crippen LogP contribution in [-0.4, -0.2) is 39.9 Å². The molecule has 0 heterocycles. The lowest BCUT2D eigenvalue weighted by Gasteiger charge is -2.36. The van der Waals surface area contributed by atoms with Crippen molar-refractivity contribution in [2.75, 3.05) is 27.9 Å². The van der Waals surface area contributed by atoms with Crippen molar-refractivity contribution in [2.24, 2.45) is 11.7 Å². The molecular formula is C16H34N2O4. The molecule has 6 heteroatoms. The average molecular weight is 318 g/mol. The summed E-state index contributed by atoms with van der Waals surface area (Å²) in [7, 11) is 4.72.